The molecule has 0 unspecified atom stereocenters. The topological polar surface area (TPSA) is 94.2 Å². The van der Waals surface area contributed by atoms with Crippen molar-refractivity contribution in [3.8, 4) is 11.5 Å². The molecule has 0 aliphatic carbocycles. The maximum Gasteiger partial charge on any atom is 0.265 e. The van der Waals surface area contributed by atoms with Gasteiger partial charge in [-0.2, -0.15) is 4.31 Å². The Hall–Kier alpha value is -2.62. The molecule has 1 amide bonds. The van der Waals surface area contributed by atoms with E-state index in [4.69, 9.17) is 14.2 Å². The molecule has 0 saturated carbocycles. The smallest absolute Gasteiger partial charge is 0.265 e. The van der Waals surface area contributed by atoms with E-state index in [1.165, 1.54) is 29.6 Å². The number of morpholine rings is 1. The average Bonchev–Trinajstić information content (AvgIpc) is 2.78. The molecule has 1 atom stereocenters. The summed E-state index contributed by atoms with van der Waals surface area (Å²) < 4.78 is 43.8. The Morgan fingerprint density at radius 3 is 2.58 bits per heavy atom. The molecule has 1 heterocycles. The first-order valence-corrected chi connectivity index (χ1v) is 11.6. The zero-order chi connectivity index (χ0) is 22.4. The number of nitrogens with zero attached hydrogens (tertiary/aromatic N) is 1. The van der Waals surface area contributed by atoms with E-state index in [0.717, 1.165) is 5.56 Å². The third kappa shape index (κ3) is 5.55. The van der Waals surface area contributed by atoms with Crippen molar-refractivity contribution in [2.24, 2.45) is 0 Å². The predicted octanol–water partition coefficient (Wildman–Crippen LogP) is 2.82. The molecular weight excluding hydrogens is 420 g/mol. The summed E-state index contributed by atoms with van der Waals surface area (Å²) in [5, 5.41) is 2.77. The van der Waals surface area contributed by atoms with Crippen molar-refractivity contribution in [1.82, 2.24) is 4.31 Å². The van der Waals surface area contributed by atoms with Crippen LogP contribution in [0.25, 0.3) is 0 Å². The number of aryl methyl sites for hydroxylation is 1. The number of sulfonamides is 1. The maximum absolute atomic E-state index is 13.0. The van der Waals surface area contributed by atoms with Gasteiger partial charge in [-0.05, 0) is 49.2 Å². The number of carbonyl (C=O) groups excluding carboxylic acids is 1. The molecule has 0 aromatic heterocycles. The van der Waals surface area contributed by atoms with Gasteiger partial charge in [0.05, 0.1) is 30.9 Å². The van der Waals surface area contributed by atoms with Crippen LogP contribution >= 0.6 is 0 Å². The highest BCUT2D eigenvalue weighted by Crippen LogP contribution is 2.30. The van der Waals surface area contributed by atoms with Gasteiger partial charge in [-0.15, -0.1) is 0 Å². The molecule has 0 spiro atoms. The van der Waals surface area contributed by atoms with Crippen molar-refractivity contribution in [3.05, 3.63) is 48.0 Å². The fourth-order valence-electron chi connectivity index (χ4n) is 3.27. The van der Waals surface area contributed by atoms with Crippen molar-refractivity contribution in [3.63, 3.8) is 0 Å². The van der Waals surface area contributed by atoms with Gasteiger partial charge in [0.15, 0.2) is 6.10 Å². The number of anilines is 1. The fraction of sp³-hybridized carbons (Fsp3) is 0.409. The quantitative estimate of drug-likeness (QED) is 0.667. The van der Waals surface area contributed by atoms with Gasteiger partial charge >= 0.3 is 0 Å². The second-order valence-electron chi connectivity index (χ2n) is 7.20. The number of methoxy groups -OCH3 is 1. The third-order valence-corrected chi connectivity index (χ3v) is 6.86. The van der Waals surface area contributed by atoms with E-state index in [-0.39, 0.29) is 29.6 Å². The summed E-state index contributed by atoms with van der Waals surface area (Å²) in [6.45, 7) is 5.08. The van der Waals surface area contributed by atoms with Crippen LogP contribution in [0.2, 0.25) is 0 Å². The average molecular weight is 449 g/mol. The first-order valence-electron chi connectivity index (χ1n) is 10.1. The second-order valence-corrected chi connectivity index (χ2v) is 9.14. The minimum Gasteiger partial charge on any atom is -0.495 e. The lowest BCUT2D eigenvalue weighted by atomic mass is 10.2. The molecule has 0 radical (unpaired) electrons. The van der Waals surface area contributed by atoms with Crippen LogP contribution < -0.4 is 14.8 Å². The van der Waals surface area contributed by atoms with E-state index in [1.807, 2.05) is 32.0 Å². The Morgan fingerprint density at radius 1 is 1.19 bits per heavy atom. The van der Waals surface area contributed by atoms with E-state index < -0.39 is 16.1 Å². The molecule has 1 aliphatic rings. The van der Waals surface area contributed by atoms with Gasteiger partial charge in [0.2, 0.25) is 10.0 Å². The summed E-state index contributed by atoms with van der Waals surface area (Å²) in [5.41, 5.74) is 1.29. The number of rotatable bonds is 8. The lowest BCUT2D eigenvalue weighted by Crippen LogP contribution is -2.40. The van der Waals surface area contributed by atoms with Crippen molar-refractivity contribution in [1.29, 1.82) is 0 Å². The molecule has 1 N–H and O–H groups in total. The predicted molar refractivity (Wildman–Crippen MR) is 117 cm³/mol. The zero-order valence-corrected chi connectivity index (χ0v) is 18.8. The van der Waals surface area contributed by atoms with Crippen LogP contribution in [-0.4, -0.2) is 58.1 Å². The van der Waals surface area contributed by atoms with E-state index in [0.29, 0.717) is 31.1 Å². The van der Waals surface area contributed by atoms with Gasteiger partial charge in [-0.25, -0.2) is 8.42 Å². The lowest BCUT2D eigenvalue weighted by molar-refractivity contribution is -0.122. The summed E-state index contributed by atoms with van der Waals surface area (Å²) >= 11 is 0. The van der Waals surface area contributed by atoms with Crippen molar-refractivity contribution in [2.45, 2.75) is 31.3 Å². The van der Waals surface area contributed by atoms with Crippen molar-refractivity contribution < 1.29 is 27.4 Å². The molecule has 8 nitrogen and oxygen atoms in total. The number of hydrogen-bond acceptors (Lipinski definition) is 6. The number of nitrogens with one attached hydrogen (secondary N) is 1. The Balaban J connectivity index is 1.82. The van der Waals surface area contributed by atoms with Crippen LogP contribution in [0.4, 0.5) is 5.69 Å². The van der Waals surface area contributed by atoms with Crippen LogP contribution in [0.5, 0.6) is 11.5 Å². The summed E-state index contributed by atoms with van der Waals surface area (Å²) in [6, 6.07) is 11.9. The van der Waals surface area contributed by atoms with Crippen molar-refractivity contribution >= 4 is 21.6 Å². The molecule has 9 heteroatoms. The molecular formula is C22H28N2O6S. The summed E-state index contributed by atoms with van der Waals surface area (Å²) in [5.74, 6) is 0.570. The van der Waals surface area contributed by atoms with Crippen LogP contribution in [0.1, 0.15) is 18.9 Å². The SMILES string of the molecule is CC[C@H](Oc1cccc(C)c1)C(=O)Nc1cc(S(=O)(=O)N2CCOCC2)ccc1OC. The molecule has 2 aromatic rings. The summed E-state index contributed by atoms with van der Waals surface area (Å²) in [4.78, 5) is 13.0. The molecule has 168 valence electrons. The Labute approximate surface area is 183 Å². The number of ether oxygens (including phenoxy) is 3. The summed E-state index contributed by atoms with van der Waals surface area (Å²) in [6.07, 6.45) is -0.306. The standard InChI is InChI=1S/C22H28N2O6S/c1-4-20(30-17-7-5-6-16(2)14-17)22(25)23-19-15-18(8-9-21(19)28-3)31(26,27)24-10-12-29-13-11-24/h5-9,14-15,20H,4,10-13H2,1-3H3,(H,23,25)/t20-/m0/s1. The number of hydrogen-bond donors (Lipinski definition) is 1. The molecule has 2 aromatic carbocycles. The first-order chi connectivity index (χ1) is 14.8. The minimum atomic E-state index is -3.71. The van der Waals surface area contributed by atoms with Crippen LogP contribution in [-0.2, 0) is 19.6 Å². The fourth-order valence-corrected chi connectivity index (χ4v) is 4.70. The van der Waals surface area contributed by atoms with E-state index in [2.05, 4.69) is 5.32 Å². The zero-order valence-electron chi connectivity index (χ0n) is 18.0. The molecule has 0 bridgehead atoms. The van der Waals surface area contributed by atoms with Crippen LogP contribution in [0.3, 0.4) is 0 Å². The van der Waals surface area contributed by atoms with Gasteiger partial charge in [-0.1, -0.05) is 19.1 Å². The third-order valence-electron chi connectivity index (χ3n) is 4.97. The maximum atomic E-state index is 13.0. The monoisotopic (exact) mass is 448 g/mol. The van der Waals surface area contributed by atoms with E-state index in [9.17, 15) is 13.2 Å². The van der Waals surface area contributed by atoms with E-state index in [1.54, 1.807) is 6.07 Å². The molecule has 31 heavy (non-hydrogen) atoms. The Kier molecular flexibility index (Phi) is 7.53. The summed E-state index contributed by atoms with van der Waals surface area (Å²) in [7, 11) is -2.25. The minimum absolute atomic E-state index is 0.0816. The molecule has 1 aliphatic heterocycles. The van der Waals surface area contributed by atoms with Gasteiger partial charge in [0.1, 0.15) is 11.5 Å². The Morgan fingerprint density at radius 2 is 1.94 bits per heavy atom. The Bertz CT molecular complexity index is 1020. The largest absolute Gasteiger partial charge is 0.495 e. The molecule has 1 fully saturated rings. The van der Waals surface area contributed by atoms with Gasteiger partial charge in [-0.3, -0.25) is 4.79 Å². The highest BCUT2D eigenvalue weighted by Gasteiger charge is 2.28. The normalized spacial score (nSPS) is 15.8. The highest BCUT2D eigenvalue weighted by molar-refractivity contribution is 7.89. The highest BCUT2D eigenvalue weighted by atomic mass is 32.2. The van der Waals surface area contributed by atoms with Gasteiger partial charge < -0.3 is 19.5 Å². The second kappa shape index (κ2) is 10.1. The van der Waals surface area contributed by atoms with Gasteiger partial charge in [0, 0.05) is 13.1 Å². The first kappa shape index (κ1) is 23.1. The lowest BCUT2D eigenvalue weighted by Gasteiger charge is -2.26. The van der Waals surface area contributed by atoms with Crippen LogP contribution in [0, 0.1) is 6.92 Å². The number of benzene rings is 2. The van der Waals surface area contributed by atoms with Gasteiger partial charge in [0.25, 0.3) is 5.91 Å². The number of amides is 1. The van der Waals surface area contributed by atoms with Crippen LogP contribution in [0.15, 0.2) is 47.4 Å². The van der Waals surface area contributed by atoms with Crippen molar-refractivity contribution in [2.75, 3.05) is 38.7 Å². The molecule has 3 rings (SSSR count). The molecule has 1 saturated heterocycles. The number of carbonyl (C=O) groups is 1. The van der Waals surface area contributed by atoms with E-state index >= 15 is 0 Å².